The summed E-state index contributed by atoms with van der Waals surface area (Å²) >= 11 is 0. The molecular formula is C72H85N9O9. The number of nitrogens with one attached hydrogen (secondary N) is 3. The Kier molecular flexibility index (Phi) is 19.2. The molecule has 6 heterocycles. The highest BCUT2D eigenvalue weighted by Gasteiger charge is 2.56. The molecule has 0 radical (unpaired) electrons. The summed E-state index contributed by atoms with van der Waals surface area (Å²) < 4.78 is 17.1. The number of carbonyl (C=O) groups is 6. The molecule has 7 aromatic rings. The summed E-state index contributed by atoms with van der Waals surface area (Å²) in [7, 11) is 1.54. The summed E-state index contributed by atoms with van der Waals surface area (Å²) in [4.78, 5) is 98.4. The lowest BCUT2D eigenvalue weighted by Crippen LogP contribution is -2.58. The first-order valence-electron chi connectivity index (χ1n) is 32.6. The van der Waals surface area contributed by atoms with E-state index >= 15 is 0 Å². The Morgan fingerprint density at radius 2 is 0.933 bits per heavy atom. The number of para-hydroxylation sites is 2. The normalized spacial score (nSPS) is 22.7. The number of H-pyrrole nitrogens is 2. The summed E-state index contributed by atoms with van der Waals surface area (Å²) in [5, 5.41) is 5.31. The third-order valence-electron chi connectivity index (χ3n) is 20.3. The van der Waals surface area contributed by atoms with Crippen LogP contribution in [0.5, 0.6) is 0 Å². The SMILES string of the molecule is C[C@@H](C(=O)N[C@H](C(=O)N1CC[C@@H]2[C@H]1[C@H](c1c[nH]c3ccccc13)CN2C(=O)OCc1ccccc1)C1CCCCC1)N(C)C(=O)OCc1ccccc1.N[C@H](C(=O)N1CC[C@@H]2[C@H]1[C@H](c1c[nH]c3ccccc13)CN2C(=O)OCc1ccccc1)C1CCCCC1. The van der Waals surface area contributed by atoms with Gasteiger partial charge < -0.3 is 54.8 Å². The van der Waals surface area contributed by atoms with E-state index in [1.807, 2.05) is 148 Å². The summed E-state index contributed by atoms with van der Waals surface area (Å²) in [6.07, 6.45) is 14.4. The third-order valence-corrected chi connectivity index (χ3v) is 20.3. The van der Waals surface area contributed by atoms with Crippen LogP contribution < -0.4 is 11.1 Å². The predicted octanol–water partition coefficient (Wildman–Crippen LogP) is 11.4. The molecule has 2 saturated carbocycles. The summed E-state index contributed by atoms with van der Waals surface area (Å²) in [5.74, 6) is -0.460. The van der Waals surface area contributed by atoms with Crippen molar-refractivity contribution in [2.24, 2.45) is 17.6 Å². The standard InChI is InChI=1S/C42H49N5O6.C30H36N4O3/c1-28(45(2)41(50)52-26-29-14-6-3-7-15-29)39(48)44-37(31-18-10-5-11-19-31)40(49)46-23-22-36-38(46)34(33-24-43-35-21-13-12-20-32(33)35)25-47(36)42(51)53-27-30-16-8-4-9-17-30;31-27(21-11-5-2-6-12-21)29(35)33-16-15-26-28(33)24(23-17-32-25-14-8-7-13-22(23)25)18-34(26)30(36)37-19-20-9-3-1-4-10-20/h3-4,6-9,12-17,20-21,24,28,31,34,36-38,43H,5,10-11,18-19,22-23,25-27H2,1-2H3,(H,44,48);1,3-4,7-10,13-14,17,21,24,26-28,32H,2,5-6,11-12,15-16,18-19,31H2/t28-,34-,36+,37-,38+;24-,26+,27-,28+/m00/s1. The molecule has 0 spiro atoms. The lowest BCUT2D eigenvalue weighted by Gasteiger charge is -2.37. The zero-order chi connectivity index (χ0) is 62.3. The van der Waals surface area contributed by atoms with Gasteiger partial charge in [-0.15, -0.1) is 0 Å². The molecule has 0 bridgehead atoms. The first kappa shape index (κ1) is 61.6. The maximum atomic E-state index is 14.9. The number of hydrogen-bond acceptors (Lipinski definition) is 10. The van der Waals surface area contributed by atoms with Crippen LogP contribution in [0.15, 0.2) is 152 Å². The van der Waals surface area contributed by atoms with Gasteiger partial charge in [0.25, 0.3) is 0 Å². The van der Waals surface area contributed by atoms with Crippen molar-refractivity contribution in [3.63, 3.8) is 0 Å². The number of hydrogen-bond donors (Lipinski definition) is 4. The van der Waals surface area contributed by atoms with Gasteiger partial charge in [-0.1, -0.05) is 166 Å². The van der Waals surface area contributed by atoms with Crippen LogP contribution in [-0.4, -0.2) is 146 Å². The van der Waals surface area contributed by atoms with Gasteiger partial charge in [-0.3, -0.25) is 19.3 Å². The molecule has 18 nitrogen and oxygen atoms in total. The number of aromatic nitrogens is 2. The molecule has 6 fully saturated rings. The van der Waals surface area contributed by atoms with Gasteiger partial charge in [0.05, 0.1) is 30.2 Å². The Bertz CT molecular complexity index is 3610. The first-order chi connectivity index (χ1) is 43.9. The molecule has 18 heteroatoms. The van der Waals surface area contributed by atoms with Gasteiger partial charge in [0.2, 0.25) is 17.7 Å². The molecule has 9 atom stereocenters. The summed E-state index contributed by atoms with van der Waals surface area (Å²) in [5.41, 5.74) is 13.6. The minimum Gasteiger partial charge on any atom is -0.445 e. The van der Waals surface area contributed by atoms with E-state index in [0.29, 0.717) is 32.6 Å². The van der Waals surface area contributed by atoms with Crippen molar-refractivity contribution in [2.45, 2.75) is 158 Å². The molecule has 4 saturated heterocycles. The molecule has 2 aliphatic carbocycles. The van der Waals surface area contributed by atoms with E-state index in [0.717, 1.165) is 114 Å². The van der Waals surface area contributed by atoms with Gasteiger partial charge in [0.15, 0.2) is 0 Å². The van der Waals surface area contributed by atoms with Crippen molar-refractivity contribution >= 4 is 57.8 Å². The smallest absolute Gasteiger partial charge is 0.410 e. The van der Waals surface area contributed by atoms with Crippen molar-refractivity contribution in [3.8, 4) is 0 Å². The number of likely N-dealkylation sites (tertiary alicyclic amines) is 4. The second kappa shape index (κ2) is 28.0. The third kappa shape index (κ3) is 13.2. The number of ether oxygens (including phenoxy) is 3. The van der Waals surface area contributed by atoms with E-state index in [-0.39, 0.29) is 85.6 Å². The highest BCUT2D eigenvalue weighted by molar-refractivity contribution is 5.92. The van der Waals surface area contributed by atoms with E-state index < -0.39 is 36.2 Å². The van der Waals surface area contributed by atoms with Gasteiger partial charge in [-0.2, -0.15) is 0 Å². The van der Waals surface area contributed by atoms with E-state index in [1.54, 1.807) is 11.8 Å². The maximum absolute atomic E-state index is 14.9. The van der Waals surface area contributed by atoms with Crippen LogP contribution in [-0.2, 0) is 48.4 Å². The van der Waals surface area contributed by atoms with Crippen LogP contribution in [0.2, 0.25) is 0 Å². The second-order valence-corrected chi connectivity index (χ2v) is 25.6. The van der Waals surface area contributed by atoms with Gasteiger partial charge in [0, 0.05) is 79.3 Å². The monoisotopic (exact) mass is 1220 g/mol. The van der Waals surface area contributed by atoms with E-state index in [2.05, 4.69) is 33.5 Å². The van der Waals surface area contributed by atoms with Crippen molar-refractivity contribution in [1.82, 2.24) is 39.8 Å². The fourth-order valence-corrected chi connectivity index (χ4v) is 15.4. The van der Waals surface area contributed by atoms with E-state index in [4.69, 9.17) is 19.9 Å². The van der Waals surface area contributed by atoms with Crippen LogP contribution in [0.1, 0.15) is 124 Å². The predicted molar refractivity (Wildman–Crippen MR) is 343 cm³/mol. The van der Waals surface area contributed by atoms with Crippen LogP contribution >= 0.6 is 0 Å². The molecule has 5 aromatic carbocycles. The minimum absolute atomic E-state index is 0.00423. The average Bonchev–Trinajstić information content (AvgIpc) is 1.60. The second-order valence-electron chi connectivity index (χ2n) is 25.6. The number of amides is 6. The van der Waals surface area contributed by atoms with Gasteiger partial charge >= 0.3 is 18.3 Å². The Hall–Kier alpha value is -8.64. The number of carbonyl (C=O) groups excluding carboxylic acids is 6. The number of likely N-dealkylation sites (N-methyl/N-ethyl adjacent to an activating group) is 1. The highest BCUT2D eigenvalue weighted by Crippen LogP contribution is 2.46. The molecule has 472 valence electrons. The fraction of sp³-hybridized carbons (Fsp3) is 0.444. The number of nitrogens with zero attached hydrogens (tertiary/aromatic N) is 5. The van der Waals surface area contributed by atoms with Gasteiger partial charge in [-0.05, 0) is 97.2 Å². The maximum Gasteiger partial charge on any atom is 0.410 e. The first-order valence-corrected chi connectivity index (χ1v) is 32.6. The molecule has 5 N–H and O–H groups in total. The zero-order valence-corrected chi connectivity index (χ0v) is 51.7. The topological polar surface area (TPSA) is 216 Å². The quantitative estimate of drug-likeness (QED) is 0.0712. The Balaban J connectivity index is 0.000000185. The molecule has 6 amide bonds. The Morgan fingerprint density at radius 1 is 0.522 bits per heavy atom. The number of fused-ring (bicyclic) bond motifs is 4. The van der Waals surface area contributed by atoms with Gasteiger partial charge in [-0.25, -0.2) is 14.4 Å². The molecule has 90 heavy (non-hydrogen) atoms. The van der Waals surface area contributed by atoms with Crippen molar-refractivity contribution in [3.05, 3.63) is 180 Å². The minimum atomic E-state index is -0.871. The van der Waals surface area contributed by atoms with Crippen LogP contribution in [0.25, 0.3) is 21.8 Å². The molecule has 13 rings (SSSR count). The van der Waals surface area contributed by atoms with Crippen LogP contribution in [0.3, 0.4) is 0 Å². The Morgan fingerprint density at radius 3 is 1.40 bits per heavy atom. The number of benzene rings is 5. The summed E-state index contributed by atoms with van der Waals surface area (Å²) in [6.45, 7) is 4.14. The van der Waals surface area contributed by atoms with Crippen LogP contribution in [0, 0.1) is 11.8 Å². The van der Waals surface area contributed by atoms with E-state index in [1.165, 1.54) is 18.4 Å². The summed E-state index contributed by atoms with van der Waals surface area (Å²) in [6, 6.07) is 42.2. The number of nitrogens with two attached hydrogens (primary N) is 1. The fourth-order valence-electron chi connectivity index (χ4n) is 15.4. The lowest BCUT2D eigenvalue weighted by atomic mass is 9.82. The number of aromatic amines is 2. The van der Waals surface area contributed by atoms with Gasteiger partial charge in [0.1, 0.15) is 31.9 Å². The zero-order valence-electron chi connectivity index (χ0n) is 51.7. The Labute approximate surface area is 526 Å². The number of rotatable bonds is 15. The molecule has 6 aliphatic rings. The molecule has 0 unspecified atom stereocenters. The highest BCUT2D eigenvalue weighted by atomic mass is 16.6. The van der Waals surface area contributed by atoms with E-state index in [9.17, 15) is 28.8 Å². The van der Waals surface area contributed by atoms with Crippen molar-refractivity contribution < 1.29 is 43.0 Å². The largest absolute Gasteiger partial charge is 0.445 e. The lowest BCUT2D eigenvalue weighted by molar-refractivity contribution is -0.140. The van der Waals surface area contributed by atoms with Crippen molar-refractivity contribution in [1.29, 1.82) is 0 Å². The van der Waals surface area contributed by atoms with Crippen LogP contribution in [0.4, 0.5) is 14.4 Å². The molecule has 4 aliphatic heterocycles. The average molecular weight is 1220 g/mol. The molecule has 2 aromatic heterocycles. The molecular weight excluding hydrogens is 1130 g/mol. The van der Waals surface area contributed by atoms with Crippen molar-refractivity contribution in [2.75, 3.05) is 33.2 Å².